The number of carbonyl (C=O) groups excluding carboxylic acids is 1. The minimum Gasteiger partial charge on any atom is -0.451 e. The van der Waals surface area contributed by atoms with Crippen molar-refractivity contribution in [1.29, 1.82) is 0 Å². The highest BCUT2D eigenvalue weighted by Crippen LogP contribution is 2.21. The predicted molar refractivity (Wildman–Crippen MR) is 71.2 cm³/mol. The fraction of sp³-hybridized carbons (Fsp3) is 0. The van der Waals surface area contributed by atoms with Crippen LogP contribution in [0.5, 0.6) is 0 Å². The number of halogens is 1. The van der Waals surface area contributed by atoms with Gasteiger partial charge in [0.15, 0.2) is 11.6 Å². The predicted octanol–water partition coefficient (Wildman–Crippen LogP) is 3.13. The molecule has 0 saturated heterocycles. The van der Waals surface area contributed by atoms with Gasteiger partial charge in [0.2, 0.25) is 0 Å². The molecule has 1 N–H and O–H groups in total. The lowest BCUT2D eigenvalue weighted by Crippen LogP contribution is -2.12. The first kappa shape index (κ1) is 11.7. The highest BCUT2D eigenvalue weighted by Gasteiger charge is 2.14. The Labute approximate surface area is 113 Å². The molecule has 94 valence electrons. The molecule has 5 nitrogen and oxygen atoms in total. The van der Waals surface area contributed by atoms with E-state index in [-0.39, 0.29) is 16.6 Å². The number of fused-ring (bicyclic) bond motifs is 1. The lowest BCUT2D eigenvalue weighted by Gasteiger charge is -2.02. The molecule has 0 aliphatic carbocycles. The molecule has 0 atom stereocenters. The van der Waals surface area contributed by atoms with Gasteiger partial charge in [-0.1, -0.05) is 29.8 Å². The molecule has 1 amide bonds. The van der Waals surface area contributed by atoms with Crippen molar-refractivity contribution in [3.05, 3.63) is 53.6 Å². The molecule has 0 aliphatic rings. The first-order chi connectivity index (χ1) is 9.24. The van der Waals surface area contributed by atoms with Gasteiger partial charge in [-0.2, -0.15) is 0 Å². The Bertz CT molecular complexity index is 721. The number of furan rings is 1. The molecule has 2 aromatic heterocycles. The van der Waals surface area contributed by atoms with E-state index < -0.39 is 5.91 Å². The average molecular weight is 274 g/mol. The van der Waals surface area contributed by atoms with E-state index in [1.807, 2.05) is 18.2 Å². The molecule has 3 rings (SSSR count). The number of hydrogen-bond donors (Lipinski definition) is 1. The summed E-state index contributed by atoms with van der Waals surface area (Å²) in [6.07, 6.45) is 2.71. The number of nitrogens with one attached hydrogen (secondary N) is 1. The zero-order chi connectivity index (χ0) is 13.2. The number of carbonyl (C=O) groups is 1. The molecule has 0 unspecified atom stereocenters. The molecular weight excluding hydrogens is 266 g/mol. The minimum absolute atomic E-state index is 0.205. The van der Waals surface area contributed by atoms with Crippen LogP contribution in [-0.4, -0.2) is 15.9 Å². The Kier molecular flexibility index (Phi) is 2.89. The van der Waals surface area contributed by atoms with Crippen LogP contribution in [0.3, 0.4) is 0 Å². The fourth-order valence-corrected chi connectivity index (χ4v) is 1.82. The number of benzene rings is 1. The van der Waals surface area contributed by atoms with Crippen molar-refractivity contribution in [3.8, 4) is 0 Å². The summed E-state index contributed by atoms with van der Waals surface area (Å²) < 4.78 is 5.44. The molecule has 1 aromatic carbocycles. The number of aromatic nitrogens is 2. The van der Waals surface area contributed by atoms with Crippen molar-refractivity contribution in [2.75, 3.05) is 5.32 Å². The Balaban J connectivity index is 1.90. The molecule has 0 fully saturated rings. The summed E-state index contributed by atoms with van der Waals surface area (Å²) in [7, 11) is 0. The van der Waals surface area contributed by atoms with Crippen LogP contribution in [0.4, 0.5) is 5.82 Å². The maximum atomic E-state index is 12.0. The van der Waals surface area contributed by atoms with Crippen LogP contribution in [0.25, 0.3) is 11.0 Å². The van der Waals surface area contributed by atoms with E-state index >= 15 is 0 Å². The fourth-order valence-electron chi connectivity index (χ4n) is 1.67. The number of anilines is 1. The van der Waals surface area contributed by atoms with Crippen LogP contribution in [-0.2, 0) is 0 Å². The van der Waals surface area contributed by atoms with Crippen LogP contribution >= 0.6 is 11.6 Å². The van der Waals surface area contributed by atoms with Crippen LogP contribution < -0.4 is 5.32 Å². The van der Waals surface area contributed by atoms with Crippen LogP contribution in [0, 0.1) is 0 Å². The summed E-state index contributed by atoms with van der Waals surface area (Å²) in [6.45, 7) is 0. The normalized spacial score (nSPS) is 10.6. The van der Waals surface area contributed by atoms with E-state index in [9.17, 15) is 4.79 Å². The van der Waals surface area contributed by atoms with E-state index in [4.69, 9.17) is 16.0 Å². The van der Waals surface area contributed by atoms with E-state index in [0.29, 0.717) is 5.58 Å². The van der Waals surface area contributed by atoms with Gasteiger partial charge in [-0.15, -0.1) is 0 Å². The lowest BCUT2D eigenvalue weighted by atomic mass is 10.2. The van der Waals surface area contributed by atoms with Crippen molar-refractivity contribution in [1.82, 2.24) is 9.97 Å². The maximum absolute atomic E-state index is 12.0. The number of para-hydroxylation sites is 1. The largest absolute Gasteiger partial charge is 0.451 e. The average Bonchev–Trinajstić information content (AvgIpc) is 2.85. The summed E-state index contributed by atoms with van der Waals surface area (Å²) in [5, 5.41) is 3.70. The third kappa shape index (κ3) is 2.28. The molecule has 2 heterocycles. The van der Waals surface area contributed by atoms with Gasteiger partial charge in [0, 0.05) is 5.39 Å². The standard InChI is InChI=1S/C13H8ClN3O2/c14-9-6-15-7-16-12(9)17-13(18)11-5-8-3-1-2-4-10(8)19-11/h1-7H,(H,15,16,17,18). The van der Waals surface area contributed by atoms with Gasteiger partial charge in [0.25, 0.3) is 5.91 Å². The van der Waals surface area contributed by atoms with Crippen molar-refractivity contribution >= 4 is 34.3 Å². The van der Waals surface area contributed by atoms with Gasteiger partial charge >= 0.3 is 0 Å². The monoisotopic (exact) mass is 273 g/mol. The summed E-state index contributed by atoms with van der Waals surface area (Å²) in [5.41, 5.74) is 0.654. The molecule has 0 spiro atoms. The quantitative estimate of drug-likeness (QED) is 0.779. The molecular formula is C13H8ClN3O2. The topological polar surface area (TPSA) is 68.0 Å². The zero-order valence-electron chi connectivity index (χ0n) is 9.63. The van der Waals surface area contributed by atoms with Crippen molar-refractivity contribution in [3.63, 3.8) is 0 Å². The van der Waals surface area contributed by atoms with Gasteiger partial charge in [-0.05, 0) is 12.1 Å². The van der Waals surface area contributed by atoms with E-state index in [1.165, 1.54) is 12.5 Å². The summed E-state index contributed by atoms with van der Waals surface area (Å²) in [6, 6.07) is 9.05. The third-order valence-corrected chi connectivity index (χ3v) is 2.83. The summed E-state index contributed by atoms with van der Waals surface area (Å²) in [5.74, 6) is 0.0507. The van der Waals surface area contributed by atoms with Crippen molar-refractivity contribution in [2.45, 2.75) is 0 Å². The van der Waals surface area contributed by atoms with Gasteiger partial charge in [0.05, 0.1) is 6.20 Å². The zero-order valence-corrected chi connectivity index (χ0v) is 10.4. The second kappa shape index (κ2) is 4.70. The second-order valence-electron chi connectivity index (χ2n) is 3.82. The molecule has 0 radical (unpaired) electrons. The first-order valence-corrected chi connectivity index (χ1v) is 5.87. The summed E-state index contributed by atoms with van der Waals surface area (Å²) in [4.78, 5) is 19.6. The number of hydrogen-bond acceptors (Lipinski definition) is 4. The van der Waals surface area contributed by atoms with Crippen molar-refractivity contribution < 1.29 is 9.21 Å². The Morgan fingerprint density at radius 2 is 2.16 bits per heavy atom. The first-order valence-electron chi connectivity index (χ1n) is 5.49. The van der Waals surface area contributed by atoms with Crippen LogP contribution in [0.2, 0.25) is 5.02 Å². The van der Waals surface area contributed by atoms with E-state index in [0.717, 1.165) is 5.39 Å². The molecule has 19 heavy (non-hydrogen) atoms. The Morgan fingerprint density at radius 3 is 2.95 bits per heavy atom. The molecule has 0 aliphatic heterocycles. The highest BCUT2D eigenvalue weighted by molar-refractivity contribution is 6.33. The number of amides is 1. The molecule has 6 heteroatoms. The molecule has 3 aromatic rings. The maximum Gasteiger partial charge on any atom is 0.292 e. The second-order valence-corrected chi connectivity index (χ2v) is 4.23. The number of rotatable bonds is 2. The highest BCUT2D eigenvalue weighted by atomic mass is 35.5. The SMILES string of the molecule is O=C(Nc1ncncc1Cl)c1cc2ccccc2o1. The van der Waals surface area contributed by atoms with E-state index in [1.54, 1.807) is 12.1 Å². The van der Waals surface area contributed by atoms with Gasteiger partial charge in [0.1, 0.15) is 16.9 Å². The van der Waals surface area contributed by atoms with Gasteiger partial charge in [-0.25, -0.2) is 9.97 Å². The van der Waals surface area contributed by atoms with Crippen LogP contribution in [0.1, 0.15) is 10.6 Å². The smallest absolute Gasteiger partial charge is 0.292 e. The molecule has 0 bridgehead atoms. The Morgan fingerprint density at radius 1 is 1.32 bits per heavy atom. The Hall–Kier alpha value is -2.40. The third-order valence-electron chi connectivity index (χ3n) is 2.55. The van der Waals surface area contributed by atoms with E-state index in [2.05, 4.69) is 15.3 Å². The molecule has 0 saturated carbocycles. The van der Waals surface area contributed by atoms with Crippen LogP contribution in [0.15, 0.2) is 47.3 Å². The van der Waals surface area contributed by atoms with Gasteiger partial charge in [-0.3, -0.25) is 4.79 Å². The van der Waals surface area contributed by atoms with Crippen molar-refractivity contribution in [2.24, 2.45) is 0 Å². The number of nitrogens with zero attached hydrogens (tertiary/aromatic N) is 2. The lowest BCUT2D eigenvalue weighted by molar-refractivity contribution is 0.0998. The minimum atomic E-state index is -0.406. The summed E-state index contributed by atoms with van der Waals surface area (Å²) >= 11 is 5.86. The van der Waals surface area contributed by atoms with Gasteiger partial charge < -0.3 is 9.73 Å².